The van der Waals surface area contributed by atoms with E-state index in [2.05, 4.69) is 10.3 Å². The summed E-state index contributed by atoms with van der Waals surface area (Å²) < 4.78 is 5.36. The molecule has 0 radical (unpaired) electrons. The maximum absolute atomic E-state index is 8.69. The molecule has 1 aromatic rings. The van der Waals surface area contributed by atoms with Gasteiger partial charge in [0.2, 0.25) is 0 Å². The molecule has 0 aliphatic carbocycles. The minimum absolute atomic E-state index is 0.261. The zero-order valence-electron chi connectivity index (χ0n) is 8.94. The van der Waals surface area contributed by atoms with Crippen molar-refractivity contribution < 1.29 is 4.74 Å². The summed E-state index contributed by atoms with van der Waals surface area (Å²) in [5.74, 6) is 0.634. The van der Waals surface area contributed by atoms with Gasteiger partial charge in [0.25, 0.3) is 0 Å². The Morgan fingerprint density at radius 1 is 1.62 bits per heavy atom. The number of aromatic nitrogens is 1. The number of rotatable bonds is 2. The van der Waals surface area contributed by atoms with Crippen LogP contribution in [0.4, 0.5) is 11.5 Å². The predicted molar refractivity (Wildman–Crippen MR) is 60.8 cm³/mol. The molecule has 1 unspecified atom stereocenters. The van der Waals surface area contributed by atoms with Crippen molar-refractivity contribution in [2.24, 2.45) is 0 Å². The van der Waals surface area contributed by atoms with Gasteiger partial charge >= 0.3 is 0 Å². The molecule has 0 amide bonds. The number of hydrogen-bond donors (Lipinski definition) is 2. The molecular formula is C11H14N4O. The van der Waals surface area contributed by atoms with Crippen molar-refractivity contribution in [3.63, 3.8) is 0 Å². The van der Waals surface area contributed by atoms with Crippen LogP contribution in [-0.4, -0.2) is 24.2 Å². The van der Waals surface area contributed by atoms with Crippen LogP contribution in [0.5, 0.6) is 0 Å². The molecule has 1 atom stereocenters. The van der Waals surface area contributed by atoms with Crippen molar-refractivity contribution in [1.82, 2.24) is 4.98 Å². The van der Waals surface area contributed by atoms with Crippen LogP contribution in [0.25, 0.3) is 0 Å². The Morgan fingerprint density at radius 2 is 2.50 bits per heavy atom. The molecule has 5 nitrogen and oxygen atoms in total. The second kappa shape index (κ2) is 4.81. The van der Waals surface area contributed by atoms with Crippen molar-refractivity contribution in [3.05, 3.63) is 17.8 Å². The summed E-state index contributed by atoms with van der Waals surface area (Å²) in [5, 5.41) is 11.9. The number of nitriles is 1. The molecule has 2 rings (SSSR count). The lowest BCUT2D eigenvalue weighted by Gasteiger charge is -2.24. The van der Waals surface area contributed by atoms with Crippen LogP contribution in [0.1, 0.15) is 18.4 Å². The second-order valence-electron chi connectivity index (χ2n) is 3.83. The number of pyridine rings is 1. The summed E-state index contributed by atoms with van der Waals surface area (Å²) in [4.78, 5) is 4.13. The predicted octanol–water partition coefficient (Wildman–Crippen LogP) is 1.13. The summed E-state index contributed by atoms with van der Waals surface area (Å²) in [6.45, 7) is 1.51. The quantitative estimate of drug-likeness (QED) is 0.777. The summed E-state index contributed by atoms with van der Waals surface area (Å²) in [6, 6.07) is 3.89. The van der Waals surface area contributed by atoms with E-state index in [1.807, 2.05) is 6.07 Å². The smallest absolute Gasteiger partial charge is 0.149 e. The zero-order valence-corrected chi connectivity index (χ0v) is 8.94. The first-order chi connectivity index (χ1) is 7.79. The molecule has 2 heterocycles. The fourth-order valence-corrected chi connectivity index (χ4v) is 1.71. The van der Waals surface area contributed by atoms with E-state index in [1.54, 1.807) is 6.07 Å². The Bertz CT molecular complexity index is 407. The van der Waals surface area contributed by atoms with E-state index in [1.165, 1.54) is 6.20 Å². The van der Waals surface area contributed by atoms with Gasteiger partial charge in [0.1, 0.15) is 11.9 Å². The van der Waals surface area contributed by atoms with Crippen molar-refractivity contribution in [1.29, 1.82) is 5.26 Å². The van der Waals surface area contributed by atoms with Crippen LogP contribution in [0.2, 0.25) is 0 Å². The van der Waals surface area contributed by atoms with E-state index in [4.69, 9.17) is 15.7 Å². The molecule has 3 N–H and O–H groups in total. The van der Waals surface area contributed by atoms with Gasteiger partial charge in [0.05, 0.1) is 23.9 Å². The lowest BCUT2D eigenvalue weighted by molar-refractivity contribution is 0.0875. The summed E-state index contributed by atoms with van der Waals surface area (Å²) in [6.07, 6.45) is 3.62. The molecular weight excluding hydrogens is 204 g/mol. The number of nitrogens with two attached hydrogens (primary N) is 1. The lowest BCUT2D eigenvalue weighted by Crippen LogP contribution is -2.30. The standard InChI is InChI=1S/C11H14N4O/c12-5-8-4-10(13)11(14-6-8)15-9-2-1-3-16-7-9/h4,6,9H,1-3,7,13H2,(H,14,15). The fraction of sp³-hybridized carbons (Fsp3) is 0.455. The highest BCUT2D eigenvalue weighted by molar-refractivity contribution is 5.63. The number of nitrogen functional groups attached to an aromatic ring is 1. The number of anilines is 2. The SMILES string of the molecule is N#Cc1cnc(NC2CCCOC2)c(N)c1. The van der Waals surface area contributed by atoms with Crippen molar-refractivity contribution in [2.45, 2.75) is 18.9 Å². The van der Waals surface area contributed by atoms with Gasteiger partial charge in [0, 0.05) is 12.8 Å². The molecule has 16 heavy (non-hydrogen) atoms. The van der Waals surface area contributed by atoms with Gasteiger partial charge < -0.3 is 15.8 Å². The van der Waals surface area contributed by atoms with E-state index in [9.17, 15) is 0 Å². The van der Waals surface area contributed by atoms with Crippen LogP contribution >= 0.6 is 0 Å². The molecule has 1 aliphatic rings. The monoisotopic (exact) mass is 218 g/mol. The van der Waals surface area contributed by atoms with Crippen molar-refractivity contribution in [2.75, 3.05) is 24.3 Å². The first kappa shape index (κ1) is 10.7. The highest BCUT2D eigenvalue weighted by atomic mass is 16.5. The highest BCUT2D eigenvalue weighted by Gasteiger charge is 2.15. The van der Waals surface area contributed by atoms with E-state index in [-0.39, 0.29) is 6.04 Å². The third-order valence-corrected chi connectivity index (χ3v) is 2.55. The fourth-order valence-electron chi connectivity index (χ4n) is 1.71. The Hall–Kier alpha value is -1.80. The molecule has 0 saturated carbocycles. The van der Waals surface area contributed by atoms with Gasteiger partial charge in [-0.25, -0.2) is 4.98 Å². The maximum Gasteiger partial charge on any atom is 0.149 e. The van der Waals surface area contributed by atoms with Gasteiger partial charge in [-0.3, -0.25) is 0 Å². The molecule has 1 aromatic heterocycles. The first-order valence-electron chi connectivity index (χ1n) is 5.29. The van der Waals surface area contributed by atoms with Gasteiger partial charge in [-0.1, -0.05) is 0 Å². The lowest BCUT2D eigenvalue weighted by atomic mass is 10.1. The Morgan fingerprint density at radius 3 is 3.12 bits per heavy atom. The number of ether oxygens (including phenoxy) is 1. The molecule has 5 heteroatoms. The minimum Gasteiger partial charge on any atom is -0.396 e. The highest BCUT2D eigenvalue weighted by Crippen LogP contribution is 2.19. The summed E-state index contributed by atoms with van der Waals surface area (Å²) in [7, 11) is 0. The van der Waals surface area contributed by atoms with Gasteiger partial charge in [-0.2, -0.15) is 5.26 Å². The average molecular weight is 218 g/mol. The van der Waals surface area contributed by atoms with Crippen LogP contribution in [0.3, 0.4) is 0 Å². The third-order valence-electron chi connectivity index (χ3n) is 2.55. The van der Waals surface area contributed by atoms with Gasteiger partial charge in [-0.05, 0) is 18.9 Å². The average Bonchev–Trinajstić information content (AvgIpc) is 2.33. The number of hydrogen-bond acceptors (Lipinski definition) is 5. The molecule has 0 aromatic carbocycles. The maximum atomic E-state index is 8.69. The van der Waals surface area contributed by atoms with E-state index < -0.39 is 0 Å². The molecule has 1 saturated heterocycles. The van der Waals surface area contributed by atoms with Crippen LogP contribution in [0, 0.1) is 11.3 Å². The summed E-state index contributed by atoms with van der Waals surface area (Å²) >= 11 is 0. The third kappa shape index (κ3) is 2.41. The summed E-state index contributed by atoms with van der Waals surface area (Å²) in [5.41, 5.74) is 6.78. The zero-order chi connectivity index (χ0) is 11.4. The molecule has 84 valence electrons. The Labute approximate surface area is 94.2 Å². The molecule has 1 fully saturated rings. The normalized spacial score (nSPS) is 20.1. The Kier molecular flexibility index (Phi) is 3.22. The van der Waals surface area contributed by atoms with Gasteiger partial charge in [0.15, 0.2) is 0 Å². The van der Waals surface area contributed by atoms with Crippen LogP contribution in [0.15, 0.2) is 12.3 Å². The molecule has 1 aliphatic heterocycles. The number of nitrogens with one attached hydrogen (secondary N) is 1. The van der Waals surface area contributed by atoms with E-state index in [0.717, 1.165) is 19.4 Å². The molecule has 0 spiro atoms. The van der Waals surface area contributed by atoms with Crippen molar-refractivity contribution in [3.8, 4) is 6.07 Å². The largest absolute Gasteiger partial charge is 0.396 e. The topological polar surface area (TPSA) is 84.0 Å². The van der Waals surface area contributed by atoms with Crippen LogP contribution in [-0.2, 0) is 4.74 Å². The number of nitrogens with zero attached hydrogens (tertiary/aromatic N) is 2. The second-order valence-corrected chi connectivity index (χ2v) is 3.83. The van der Waals surface area contributed by atoms with E-state index >= 15 is 0 Å². The van der Waals surface area contributed by atoms with Crippen LogP contribution < -0.4 is 11.1 Å². The Balaban J connectivity index is 2.06. The first-order valence-corrected chi connectivity index (χ1v) is 5.29. The van der Waals surface area contributed by atoms with Crippen molar-refractivity contribution >= 4 is 11.5 Å². The molecule has 0 bridgehead atoms. The van der Waals surface area contributed by atoms with E-state index in [0.29, 0.717) is 23.7 Å². The minimum atomic E-state index is 0.261. The van der Waals surface area contributed by atoms with Gasteiger partial charge in [-0.15, -0.1) is 0 Å².